The Morgan fingerprint density at radius 1 is 0.935 bits per heavy atom. The molecule has 3 fully saturated rings. The average Bonchev–Trinajstić information content (AvgIpc) is 3.52. The maximum atomic E-state index is 13.6. The summed E-state index contributed by atoms with van der Waals surface area (Å²) >= 11 is 0. The Labute approximate surface area is 181 Å². The van der Waals surface area contributed by atoms with Gasteiger partial charge in [-0.2, -0.15) is 0 Å². The minimum atomic E-state index is -2.57. The van der Waals surface area contributed by atoms with Gasteiger partial charge in [0.1, 0.15) is 0 Å². The van der Waals surface area contributed by atoms with E-state index in [2.05, 4.69) is 9.88 Å². The van der Waals surface area contributed by atoms with Crippen molar-refractivity contribution >= 4 is 17.3 Å². The number of aromatic nitrogens is 1. The van der Waals surface area contributed by atoms with E-state index in [9.17, 15) is 13.6 Å². The molecule has 1 aromatic carbocycles. The summed E-state index contributed by atoms with van der Waals surface area (Å²) in [6.45, 7) is 2.44. The number of piperidine rings is 2. The summed E-state index contributed by atoms with van der Waals surface area (Å²) in [6, 6.07) is 9.85. The lowest BCUT2D eigenvalue weighted by Crippen LogP contribution is -2.39. The third kappa shape index (κ3) is 3.98. The molecule has 1 spiro atoms. The predicted molar refractivity (Wildman–Crippen MR) is 118 cm³/mol. The van der Waals surface area contributed by atoms with E-state index < -0.39 is 11.8 Å². The largest absolute Gasteiger partial charge is 0.371 e. The minimum Gasteiger partial charge on any atom is -0.371 e. The highest BCUT2D eigenvalue weighted by Crippen LogP contribution is 2.54. The molecule has 1 aliphatic carbocycles. The number of nitrogens with two attached hydrogens (primary N) is 1. The van der Waals surface area contributed by atoms with Crippen LogP contribution in [0.3, 0.4) is 0 Å². The molecule has 5 nitrogen and oxygen atoms in total. The zero-order valence-corrected chi connectivity index (χ0v) is 17.6. The molecular weight excluding hydrogens is 398 g/mol. The highest BCUT2D eigenvalue weighted by Gasteiger charge is 2.45. The lowest BCUT2D eigenvalue weighted by molar-refractivity contribution is -0.0220. The Balaban J connectivity index is 1.49. The SMILES string of the molecule is NC(=O)c1nccc(-c2cccc(N3CCC(F)(F)CC3)c2)c1N1CCC2(CC1)CC2. The normalized spacial score (nSPS) is 21.9. The maximum Gasteiger partial charge on any atom is 0.269 e. The van der Waals surface area contributed by atoms with Crippen LogP contribution in [-0.4, -0.2) is 43.0 Å². The molecule has 2 aliphatic heterocycles. The van der Waals surface area contributed by atoms with Crippen molar-refractivity contribution in [3.05, 3.63) is 42.2 Å². The number of carbonyl (C=O) groups excluding carboxylic acids is 1. The van der Waals surface area contributed by atoms with Crippen molar-refractivity contribution in [1.82, 2.24) is 4.98 Å². The van der Waals surface area contributed by atoms with Crippen molar-refractivity contribution in [2.75, 3.05) is 36.0 Å². The van der Waals surface area contributed by atoms with Crippen molar-refractivity contribution in [2.24, 2.45) is 11.1 Å². The monoisotopic (exact) mass is 426 g/mol. The molecule has 3 aliphatic rings. The van der Waals surface area contributed by atoms with E-state index in [1.165, 1.54) is 12.8 Å². The molecule has 31 heavy (non-hydrogen) atoms. The number of hydrogen-bond donors (Lipinski definition) is 1. The van der Waals surface area contributed by atoms with Crippen molar-refractivity contribution in [3.8, 4) is 11.1 Å². The van der Waals surface area contributed by atoms with Gasteiger partial charge in [-0.3, -0.25) is 4.79 Å². The van der Waals surface area contributed by atoms with Crippen molar-refractivity contribution < 1.29 is 13.6 Å². The van der Waals surface area contributed by atoms with Gasteiger partial charge in [0, 0.05) is 56.5 Å². The van der Waals surface area contributed by atoms with Gasteiger partial charge in [0.25, 0.3) is 11.8 Å². The molecule has 0 bridgehead atoms. The summed E-state index contributed by atoms with van der Waals surface area (Å²) < 4.78 is 27.2. The first-order chi connectivity index (χ1) is 14.9. The number of alkyl halides is 2. The van der Waals surface area contributed by atoms with Crippen LogP contribution in [0.25, 0.3) is 11.1 Å². The molecule has 2 saturated heterocycles. The molecule has 0 radical (unpaired) electrons. The number of pyridine rings is 1. The van der Waals surface area contributed by atoms with Gasteiger partial charge in [0.15, 0.2) is 5.69 Å². The van der Waals surface area contributed by atoms with Crippen LogP contribution in [0, 0.1) is 5.41 Å². The third-order valence-electron chi connectivity index (χ3n) is 7.27. The van der Waals surface area contributed by atoms with E-state index in [1.807, 2.05) is 35.2 Å². The molecular formula is C24H28F2N4O. The molecule has 7 heteroatoms. The van der Waals surface area contributed by atoms with E-state index in [4.69, 9.17) is 5.73 Å². The summed E-state index contributed by atoms with van der Waals surface area (Å²) in [7, 11) is 0. The number of amides is 1. The quantitative estimate of drug-likeness (QED) is 0.784. The van der Waals surface area contributed by atoms with Crippen LogP contribution in [0.4, 0.5) is 20.2 Å². The minimum absolute atomic E-state index is 0.126. The molecule has 0 unspecified atom stereocenters. The van der Waals surface area contributed by atoms with Gasteiger partial charge in [-0.15, -0.1) is 0 Å². The van der Waals surface area contributed by atoms with Crippen LogP contribution in [0.5, 0.6) is 0 Å². The number of nitrogens with zero attached hydrogens (tertiary/aromatic N) is 3. The second-order valence-electron chi connectivity index (χ2n) is 9.30. The lowest BCUT2D eigenvalue weighted by atomic mass is 9.92. The standard InChI is InChI=1S/C24H28F2N4O/c25-24(26)9-14-29(15-10-24)18-3-1-2-17(16-18)19-4-11-28-20(22(27)31)21(19)30-12-7-23(5-6-23)8-13-30/h1-4,11,16H,5-10,12-15H2,(H2,27,31). The number of carbonyl (C=O) groups is 1. The first kappa shape index (κ1) is 20.2. The fourth-order valence-electron chi connectivity index (χ4n) is 5.03. The van der Waals surface area contributed by atoms with Gasteiger partial charge >= 0.3 is 0 Å². The number of anilines is 2. The summed E-state index contributed by atoms with van der Waals surface area (Å²) in [4.78, 5) is 20.8. The molecule has 3 heterocycles. The molecule has 1 aromatic heterocycles. The van der Waals surface area contributed by atoms with E-state index >= 15 is 0 Å². The summed E-state index contributed by atoms with van der Waals surface area (Å²) in [5.41, 5.74) is 10.1. The third-order valence-corrected chi connectivity index (χ3v) is 7.27. The van der Waals surface area contributed by atoms with Crippen molar-refractivity contribution in [1.29, 1.82) is 0 Å². The van der Waals surface area contributed by atoms with Crippen molar-refractivity contribution in [2.45, 2.75) is 44.4 Å². The van der Waals surface area contributed by atoms with Gasteiger partial charge in [0.2, 0.25) is 0 Å². The lowest BCUT2D eigenvalue weighted by Gasteiger charge is -2.36. The molecule has 1 amide bonds. The molecule has 1 saturated carbocycles. The summed E-state index contributed by atoms with van der Waals surface area (Å²) in [5, 5.41) is 0. The van der Waals surface area contributed by atoms with E-state index in [1.54, 1.807) is 6.20 Å². The average molecular weight is 427 g/mol. The van der Waals surface area contributed by atoms with Gasteiger partial charge in [-0.1, -0.05) is 12.1 Å². The highest BCUT2D eigenvalue weighted by atomic mass is 19.3. The van der Waals surface area contributed by atoms with Gasteiger partial charge in [-0.25, -0.2) is 13.8 Å². The van der Waals surface area contributed by atoms with Gasteiger partial charge in [-0.05, 0) is 54.9 Å². The van der Waals surface area contributed by atoms with Crippen molar-refractivity contribution in [3.63, 3.8) is 0 Å². The first-order valence-corrected chi connectivity index (χ1v) is 11.1. The highest BCUT2D eigenvalue weighted by molar-refractivity contribution is 6.01. The Kier molecular flexibility index (Phi) is 4.87. The first-order valence-electron chi connectivity index (χ1n) is 11.1. The van der Waals surface area contributed by atoms with Crippen LogP contribution in [0.1, 0.15) is 49.0 Å². The zero-order chi connectivity index (χ0) is 21.6. The van der Waals surface area contributed by atoms with E-state index in [-0.39, 0.29) is 12.8 Å². The Morgan fingerprint density at radius 3 is 2.26 bits per heavy atom. The smallest absolute Gasteiger partial charge is 0.269 e. The topological polar surface area (TPSA) is 62.5 Å². The Bertz CT molecular complexity index is 985. The predicted octanol–water partition coefficient (Wildman–Crippen LogP) is 4.46. The van der Waals surface area contributed by atoms with Gasteiger partial charge < -0.3 is 15.5 Å². The maximum absolute atomic E-state index is 13.6. The molecule has 2 N–H and O–H groups in total. The fraction of sp³-hybridized carbons (Fsp3) is 0.500. The molecule has 0 atom stereocenters. The summed E-state index contributed by atoms with van der Waals surface area (Å²) in [5.74, 6) is -3.10. The second kappa shape index (κ2) is 7.46. The molecule has 2 aromatic rings. The molecule has 164 valence electrons. The fourth-order valence-corrected chi connectivity index (χ4v) is 5.03. The number of halogens is 2. The van der Waals surface area contributed by atoms with Crippen LogP contribution in [0.15, 0.2) is 36.5 Å². The Morgan fingerprint density at radius 2 is 1.61 bits per heavy atom. The molecule has 5 rings (SSSR count). The number of hydrogen-bond acceptors (Lipinski definition) is 4. The second-order valence-corrected chi connectivity index (χ2v) is 9.30. The summed E-state index contributed by atoms with van der Waals surface area (Å²) in [6.07, 6.45) is 6.24. The number of rotatable bonds is 4. The number of benzene rings is 1. The van der Waals surface area contributed by atoms with E-state index in [0.29, 0.717) is 24.2 Å². The van der Waals surface area contributed by atoms with Crippen LogP contribution in [0.2, 0.25) is 0 Å². The van der Waals surface area contributed by atoms with Crippen LogP contribution >= 0.6 is 0 Å². The van der Waals surface area contributed by atoms with Gasteiger partial charge in [0.05, 0.1) is 5.69 Å². The van der Waals surface area contributed by atoms with Crippen LogP contribution < -0.4 is 15.5 Å². The Hall–Kier alpha value is -2.70. The van der Waals surface area contributed by atoms with E-state index in [0.717, 1.165) is 48.4 Å². The zero-order valence-electron chi connectivity index (χ0n) is 17.6. The van der Waals surface area contributed by atoms with Crippen LogP contribution in [-0.2, 0) is 0 Å². The number of primary amides is 1.